The number of urea groups is 1. The first-order valence-corrected chi connectivity index (χ1v) is 26.2. The fourth-order valence-corrected chi connectivity index (χ4v) is 13.2. The second-order valence-electron chi connectivity index (χ2n) is 20.4. The predicted octanol–water partition coefficient (Wildman–Crippen LogP) is 6.03. The fraction of sp³-hybridized carbons (Fsp3) is 0.549. The number of aryl methyl sites for hydroxylation is 1. The summed E-state index contributed by atoms with van der Waals surface area (Å²) in [5, 5.41) is 7.91. The van der Waals surface area contributed by atoms with Gasteiger partial charge in [-0.1, -0.05) is 40.3 Å². The highest BCUT2D eigenvalue weighted by atomic mass is 32.2. The van der Waals surface area contributed by atoms with Gasteiger partial charge in [0.15, 0.2) is 5.72 Å². The zero-order valence-electron chi connectivity index (χ0n) is 41.4. The summed E-state index contributed by atoms with van der Waals surface area (Å²) in [6.07, 6.45) is 4.65. The molecule has 4 fully saturated rings. The van der Waals surface area contributed by atoms with Gasteiger partial charge in [0.1, 0.15) is 12.1 Å². The molecule has 8 heterocycles. The molecule has 4 aromatic rings. The van der Waals surface area contributed by atoms with Gasteiger partial charge in [-0.3, -0.25) is 34.1 Å². The number of methoxy groups -OCH3 is 1. The fourth-order valence-electron chi connectivity index (χ4n) is 10.9. The van der Waals surface area contributed by atoms with Crippen LogP contribution in [0.25, 0.3) is 33.4 Å². The summed E-state index contributed by atoms with van der Waals surface area (Å²) in [7, 11) is 3.30. The van der Waals surface area contributed by atoms with Gasteiger partial charge in [-0.25, -0.2) is 15.2 Å². The molecule has 5 amide bonds. The number of nitrogens with one attached hydrogen (secondary N) is 2. The van der Waals surface area contributed by atoms with Crippen molar-refractivity contribution in [2.24, 2.45) is 16.7 Å². The summed E-state index contributed by atoms with van der Waals surface area (Å²) >= 11 is 2.94. The summed E-state index contributed by atoms with van der Waals surface area (Å²) in [4.78, 5) is 85.2. The maximum absolute atomic E-state index is 15.2. The highest BCUT2D eigenvalue weighted by Gasteiger charge is 2.59. The Balaban J connectivity index is 1.06. The van der Waals surface area contributed by atoms with Gasteiger partial charge in [-0.05, 0) is 74.9 Å². The monoisotopic (exact) mass is 995 g/mol. The first kappa shape index (κ1) is 49.6. The highest BCUT2D eigenvalue weighted by molar-refractivity contribution is 8.01. The van der Waals surface area contributed by atoms with Crippen LogP contribution in [0.15, 0.2) is 54.6 Å². The van der Waals surface area contributed by atoms with Crippen molar-refractivity contribution < 1.29 is 38.2 Å². The molecule has 5 aliphatic rings. The van der Waals surface area contributed by atoms with Crippen LogP contribution >= 0.6 is 23.1 Å². The van der Waals surface area contributed by atoms with Gasteiger partial charge in [0.25, 0.3) is 0 Å². The number of hydrogen-bond acceptors (Lipinski definition) is 13. The maximum atomic E-state index is 15.2. The Hall–Kier alpha value is -5.34. The number of hydrazine groups is 1. The number of fused-ring (bicyclic) bond motifs is 6. The van der Waals surface area contributed by atoms with Crippen LogP contribution in [0.1, 0.15) is 76.8 Å². The highest BCUT2D eigenvalue weighted by Crippen LogP contribution is 2.50. The number of ether oxygens (including phenoxy) is 3. The minimum absolute atomic E-state index is 0.140. The Morgan fingerprint density at radius 3 is 2.61 bits per heavy atom. The van der Waals surface area contributed by atoms with Crippen molar-refractivity contribution in [3.05, 3.63) is 70.8 Å². The van der Waals surface area contributed by atoms with E-state index in [0.29, 0.717) is 51.3 Å². The average molecular weight is 996 g/mol. The van der Waals surface area contributed by atoms with E-state index in [9.17, 15) is 19.2 Å². The minimum atomic E-state index is -1.14. The molecule has 9 rings (SSSR count). The van der Waals surface area contributed by atoms with Crippen molar-refractivity contribution >= 4 is 63.7 Å². The van der Waals surface area contributed by atoms with Gasteiger partial charge in [-0.2, -0.15) is 0 Å². The number of cyclic esters (lactones) is 1. The normalized spacial score (nSPS) is 23.9. The number of benzene rings is 1. The summed E-state index contributed by atoms with van der Waals surface area (Å²) in [6, 6.07) is 8.46. The number of nitrogens with zero attached hydrogens (tertiary/aromatic N) is 7. The van der Waals surface area contributed by atoms with Crippen molar-refractivity contribution in [3.63, 3.8) is 0 Å². The number of thioether (sulfide) groups is 1. The van der Waals surface area contributed by atoms with Gasteiger partial charge in [0.05, 0.1) is 65.3 Å². The van der Waals surface area contributed by atoms with E-state index in [-0.39, 0.29) is 56.0 Å². The molecule has 374 valence electrons. The lowest BCUT2D eigenvalue weighted by atomic mass is 9.82. The van der Waals surface area contributed by atoms with Gasteiger partial charge < -0.3 is 33.9 Å². The van der Waals surface area contributed by atoms with Crippen LogP contribution in [0.3, 0.4) is 0 Å². The van der Waals surface area contributed by atoms with Crippen molar-refractivity contribution in [1.82, 2.24) is 45.0 Å². The van der Waals surface area contributed by atoms with E-state index < -0.39 is 45.9 Å². The third-order valence-corrected chi connectivity index (χ3v) is 17.1. The van der Waals surface area contributed by atoms with Gasteiger partial charge in [0, 0.05) is 85.0 Å². The van der Waals surface area contributed by atoms with E-state index in [4.69, 9.17) is 24.2 Å². The smallest absolute Gasteiger partial charge is 0.324 e. The molecule has 0 saturated carbocycles. The topological polar surface area (TPSA) is 181 Å². The van der Waals surface area contributed by atoms with Crippen LogP contribution in [-0.2, 0) is 52.8 Å². The van der Waals surface area contributed by atoms with Crippen LogP contribution in [0.4, 0.5) is 4.79 Å². The Bertz CT molecular complexity index is 2710. The molecule has 70 heavy (non-hydrogen) atoms. The van der Waals surface area contributed by atoms with Crippen molar-refractivity contribution in [1.29, 1.82) is 0 Å². The van der Waals surface area contributed by atoms with E-state index in [0.717, 1.165) is 49.7 Å². The molecular weight excluding hydrogens is 931 g/mol. The predicted molar refractivity (Wildman–Crippen MR) is 268 cm³/mol. The molecule has 2 N–H and O–H groups in total. The molecule has 5 atom stereocenters. The minimum Gasteiger partial charge on any atom is -0.464 e. The molecule has 0 aliphatic carbocycles. The lowest BCUT2D eigenvalue weighted by molar-refractivity contribution is -0.178. The Kier molecular flexibility index (Phi) is 13.7. The van der Waals surface area contributed by atoms with Crippen LogP contribution in [-0.4, -0.2) is 146 Å². The first-order chi connectivity index (χ1) is 33.4. The Labute approximate surface area is 417 Å². The summed E-state index contributed by atoms with van der Waals surface area (Å²) < 4.78 is 20.4. The molecule has 1 aromatic carbocycles. The molecule has 2 spiro atoms. The summed E-state index contributed by atoms with van der Waals surface area (Å²) in [5.41, 5.74) is 7.37. The number of likely N-dealkylation sites (tertiary alicyclic amines) is 1. The molecule has 0 radical (unpaired) electrons. The van der Waals surface area contributed by atoms with Crippen LogP contribution < -0.4 is 10.7 Å². The van der Waals surface area contributed by atoms with E-state index in [1.54, 1.807) is 35.2 Å². The second kappa shape index (κ2) is 19.3. The number of aromatic nitrogens is 3. The van der Waals surface area contributed by atoms with Crippen molar-refractivity contribution in [2.45, 2.75) is 103 Å². The van der Waals surface area contributed by atoms with E-state index in [1.807, 2.05) is 32.2 Å². The lowest BCUT2D eigenvalue weighted by Crippen LogP contribution is -2.72. The average Bonchev–Trinajstić information content (AvgIpc) is 4.08. The Morgan fingerprint density at radius 1 is 1.13 bits per heavy atom. The number of hydrogen-bond donors (Lipinski definition) is 2. The molecule has 19 heteroatoms. The van der Waals surface area contributed by atoms with Crippen molar-refractivity contribution in [2.75, 3.05) is 59.3 Å². The van der Waals surface area contributed by atoms with Crippen LogP contribution in [0, 0.1) is 16.7 Å². The molecule has 17 nitrogen and oxygen atoms in total. The standard InChI is InChI=1S/C51H65N9O8S2/c1-10-40(61)57-26-51(27-57)59(20-21-68-51)48(65)56(8)42(30(3)4)44(62)54-46-50(29-70-46)24-39-53-37(25-69-39)32-16-17-38-34(22-32)35(43(58(38)11-2)33-14-12-18-52-41(33)31(5)66-9)23-49(6,7)28-67-45(63)36-15-13-19-60(55-36)47(50)64/h10,12,14,16-18,22,25,30-31,36,42,46,55H,1,11,13,15,19-21,23-24,26-29H2,2-9H3,(H,54,62)/t31-,36-,42-,46?,50-/m0/s1. The van der Waals surface area contributed by atoms with Crippen molar-refractivity contribution in [3.8, 4) is 22.5 Å². The number of amides is 5. The summed E-state index contributed by atoms with van der Waals surface area (Å²) in [5.74, 6) is -1.22. The second-order valence-corrected chi connectivity index (χ2v) is 22.5. The number of carbonyl (C=O) groups excluding carboxylic acids is 5. The number of carbonyl (C=O) groups is 5. The zero-order chi connectivity index (χ0) is 49.9. The number of likely N-dealkylation sites (N-methyl/N-ethyl adjacent to an activating group) is 1. The van der Waals surface area contributed by atoms with Gasteiger partial charge in [-0.15, -0.1) is 23.1 Å². The molecule has 1 unspecified atom stereocenters. The van der Waals surface area contributed by atoms with E-state index >= 15 is 4.79 Å². The SMILES string of the molecule is C=CC(=O)N1CC2(C1)OCCN2C(=O)N(C)[C@H](C(=O)NC1SC[C@@]12Cc1nc(cs1)-c1ccc3c(c1)c(c(-c1cccnc1[C@H](C)OC)n3CC)CC(C)(C)COC(=O)[C@@H]1CCCN(N1)C2=O)C(C)C. The molecular formula is C51H65N9O8S2. The van der Waals surface area contributed by atoms with Crippen LogP contribution in [0.2, 0.25) is 0 Å². The van der Waals surface area contributed by atoms with E-state index in [1.165, 1.54) is 34.1 Å². The third-order valence-electron chi connectivity index (χ3n) is 14.7. The zero-order valence-corrected chi connectivity index (χ0v) is 43.0. The number of esters is 1. The molecule has 3 aromatic heterocycles. The van der Waals surface area contributed by atoms with Crippen LogP contribution in [0.5, 0.6) is 0 Å². The molecule has 4 saturated heterocycles. The lowest BCUT2D eigenvalue weighted by Gasteiger charge is -2.52. The summed E-state index contributed by atoms with van der Waals surface area (Å²) in [6.45, 7) is 18.0. The molecule has 5 aliphatic heterocycles. The number of pyridine rings is 1. The Morgan fingerprint density at radius 2 is 1.91 bits per heavy atom. The molecule has 6 bridgehead atoms. The number of thiazole rings is 1. The quantitative estimate of drug-likeness (QED) is 0.147. The first-order valence-electron chi connectivity index (χ1n) is 24.3. The third kappa shape index (κ3) is 8.79. The maximum Gasteiger partial charge on any atom is 0.324 e. The number of rotatable bonds is 9. The van der Waals surface area contributed by atoms with Gasteiger partial charge >= 0.3 is 12.0 Å². The van der Waals surface area contributed by atoms with Gasteiger partial charge in [0.2, 0.25) is 17.7 Å². The largest absolute Gasteiger partial charge is 0.464 e. The van der Waals surface area contributed by atoms with E-state index in [2.05, 4.69) is 66.9 Å².